The Kier molecular flexibility index (Phi) is 7.57. The molecule has 0 bridgehead atoms. The van der Waals surface area contributed by atoms with Crippen molar-refractivity contribution in [3.8, 4) is 0 Å². The Bertz CT molecular complexity index is 1200. The van der Waals surface area contributed by atoms with Gasteiger partial charge in [0, 0.05) is 35.8 Å². The minimum atomic E-state index is -3.75. The van der Waals surface area contributed by atoms with E-state index in [9.17, 15) is 13.2 Å². The van der Waals surface area contributed by atoms with Gasteiger partial charge in [-0.05, 0) is 29.8 Å². The predicted molar refractivity (Wildman–Crippen MR) is 116 cm³/mol. The van der Waals surface area contributed by atoms with Crippen LogP contribution in [0.5, 0.6) is 0 Å². The summed E-state index contributed by atoms with van der Waals surface area (Å²) in [5.41, 5.74) is 1.09. The average molecular weight is 466 g/mol. The standard InChI is InChI=1S/C20H20ClN3O4S2/c1-28-11-9-22-30(26,27)17-7-4-6-15(13-17)19(25)23-20-24(10-12-29-20)14-16-5-2-3-8-18(16)21/h2-8,10,12-13,22H,9,11,14H2,1H3. The molecule has 0 unspecified atom stereocenters. The van der Waals surface area contributed by atoms with Gasteiger partial charge >= 0.3 is 0 Å². The van der Waals surface area contributed by atoms with Crippen molar-refractivity contribution in [3.63, 3.8) is 0 Å². The van der Waals surface area contributed by atoms with Gasteiger partial charge < -0.3 is 9.30 Å². The van der Waals surface area contributed by atoms with E-state index in [4.69, 9.17) is 16.3 Å². The van der Waals surface area contributed by atoms with Crippen molar-refractivity contribution in [1.29, 1.82) is 0 Å². The number of hydrogen-bond donors (Lipinski definition) is 1. The summed E-state index contributed by atoms with van der Waals surface area (Å²) in [6.45, 7) is 0.850. The molecule has 158 valence electrons. The van der Waals surface area contributed by atoms with Crippen molar-refractivity contribution in [2.45, 2.75) is 11.4 Å². The van der Waals surface area contributed by atoms with Gasteiger partial charge in [0.25, 0.3) is 5.91 Å². The number of aromatic nitrogens is 1. The molecule has 2 aromatic carbocycles. The van der Waals surface area contributed by atoms with Gasteiger partial charge in [0.15, 0.2) is 4.80 Å². The minimum Gasteiger partial charge on any atom is -0.383 e. The molecule has 0 atom stereocenters. The number of rotatable bonds is 8. The molecule has 3 aromatic rings. The third-order valence-corrected chi connectivity index (χ3v) is 6.77. The predicted octanol–water partition coefficient (Wildman–Crippen LogP) is 2.92. The first kappa shape index (κ1) is 22.4. The Labute approximate surface area is 183 Å². The van der Waals surface area contributed by atoms with E-state index >= 15 is 0 Å². The lowest BCUT2D eigenvalue weighted by Gasteiger charge is -2.07. The van der Waals surface area contributed by atoms with Gasteiger partial charge in [-0.3, -0.25) is 4.79 Å². The smallest absolute Gasteiger partial charge is 0.279 e. The Hall–Kier alpha value is -2.30. The van der Waals surface area contributed by atoms with Crippen LogP contribution in [0.25, 0.3) is 0 Å². The van der Waals surface area contributed by atoms with E-state index < -0.39 is 15.9 Å². The van der Waals surface area contributed by atoms with Crippen LogP contribution in [0.4, 0.5) is 0 Å². The average Bonchev–Trinajstić information content (AvgIpc) is 3.16. The SMILES string of the molecule is COCCNS(=O)(=O)c1cccc(C(=O)N=c2sccn2Cc2ccccc2Cl)c1. The van der Waals surface area contributed by atoms with Crippen LogP contribution in [0.2, 0.25) is 5.02 Å². The molecule has 0 radical (unpaired) electrons. The van der Waals surface area contributed by atoms with Crippen LogP contribution in [0.1, 0.15) is 15.9 Å². The quantitative estimate of drug-likeness (QED) is 0.518. The van der Waals surface area contributed by atoms with Gasteiger partial charge in [-0.25, -0.2) is 13.1 Å². The molecule has 0 aliphatic rings. The monoisotopic (exact) mass is 465 g/mol. The highest BCUT2D eigenvalue weighted by molar-refractivity contribution is 7.89. The zero-order valence-corrected chi connectivity index (χ0v) is 18.5. The largest absolute Gasteiger partial charge is 0.383 e. The summed E-state index contributed by atoms with van der Waals surface area (Å²) in [6.07, 6.45) is 1.82. The normalized spacial score (nSPS) is 12.3. The van der Waals surface area contributed by atoms with E-state index in [0.717, 1.165) is 5.56 Å². The van der Waals surface area contributed by atoms with Crippen molar-refractivity contribution in [1.82, 2.24) is 9.29 Å². The van der Waals surface area contributed by atoms with Crippen molar-refractivity contribution in [2.75, 3.05) is 20.3 Å². The number of nitrogens with one attached hydrogen (secondary N) is 1. The number of hydrogen-bond acceptors (Lipinski definition) is 5. The molecule has 0 aliphatic carbocycles. The second kappa shape index (κ2) is 10.1. The van der Waals surface area contributed by atoms with Crippen LogP contribution in [0.15, 0.2) is 70.0 Å². The summed E-state index contributed by atoms with van der Waals surface area (Å²) >= 11 is 7.53. The number of nitrogens with zero attached hydrogens (tertiary/aromatic N) is 2. The first-order chi connectivity index (χ1) is 14.4. The van der Waals surface area contributed by atoms with E-state index in [1.165, 1.54) is 42.7 Å². The highest BCUT2D eigenvalue weighted by atomic mass is 35.5. The van der Waals surface area contributed by atoms with Gasteiger partial charge in [0.1, 0.15) is 0 Å². The topological polar surface area (TPSA) is 89.8 Å². The van der Waals surface area contributed by atoms with Crippen molar-refractivity contribution in [3.05, 3.63) is 81.1 Å². The second-order valence-electron chi connectivity index (χ2n) is 6.24. The summed E-state index contributed by atoms with van der Waals surface area (Å²) in [6, 6.07) is 13.2. The molecule has 0 spiro atoms. The summed E-state index contributed by atoms with van der Waals surface area (Å²) in [7, 11) is -2.26. The zero-order valence-electron chi connectivity index (χ0n) is 16.1. The van der Waals surface area contributed by atoms with Crippen molar-refractivity contribution in [2.24, 2.45) is 4.99 Å². The van der Waals surface area contributed by atoms with Crippen LogP contribution >= 0.6 is 22.9 Å². The third kappa shape index (κ3) is 5.65. The Morgan fingerprint density at radius 3 is 2.80 bits per heavy atom. The number of benzene rings is 2. The third-order valence-electron chi connectivity index (χ3n) is 4.15. The molecule has 0 saturated carbocycles. The fraction of sp³-hybridized carbons (Fsp3) is 0.200. The van der Waals surface area contributed by atoms with Crippen molar-refractivity contribution >= 4 is 38.9 Å². The lowest BCUT2D eigenvalue weighted by Crippen LogP contribution is -2.27. The number of methoxy groups -OCH3 is 1. The maximum Gasteiger partial charge on any atom is 0.279 e. The Morgan fingerprint density at radius 1 is 1.23 bits per heavy atom. The van der Waals surface area contributed by atoms with Crippen LogP contribution in [-0.2, 0) is 21.3 Å². The molecular weight excluding hydrogens is 446 g/mol. The lowest BCUT2D eigenvalue weighted by molar-refractivity contribution is 0.0997. The highest BCUT2D eigenvalue weighted by Crippen LogP contribution is 2.16. The van der Waals surface area contributed by atoms with Gasteiger partial charge in [0.2, 0.25) is 10.0 Å². The molecule has 1 amide bonds. The number of ether oxygens (including phenoxy) is 1. The van der Waals surface area contributed by atoms with E-state index in [2.05, 4.69) is 9.71 Å². The van der Waals surface area contributed by atoms with Gasteiger partial charge in [0.05, 0.1) is 18.0 Å². The minimum absolute atomic E-state index is 0.00484. The maximum absolute atomic E-state index is 12.7. The fourth-order valence-corrected chi connectivity index (χ4v) is 4.61. The number of sulfonamides is 1. The highest BCUT2D eigenvalue weighted by Gasteiger charge is 2.16. The molecule has 1 aromatic heterocycles. The summed E-state index contributed by atoms with van der Waals surface area (Å²) in [4.78, 5) is 17.4. The van der Waals surface area contributed by atoms with Crippen LogP contribution in [0, 0.1) is 0 Å². The zero-order chi connectivity index (χ0) is 21.6. The molecule has 7 nitrogen and oxygen atoms in total. The van der Waals surface area contributed by atoms with Gasteiger partial charge in [-0.1, -0.05) is 35.9 Å². The fourth-order valence-electron chi connectivity index (χ4n) is 2.63. The molecular formula is C20H20ClN3O4S2. The first-order valence-electron chi connectivity index (χ1n) is 8.96. The number of carbonyl (C=O) groups excluding carboxylic acids is 1. The number of amides is 1. The second-order valence-corrected chi connectivity index (χ2v) is 9.29. The maximum atomic E-state index is 12.7. The number of halogens is 1. The molecule has 0 saturated heterocycles. The van der Waals surface area contributed by atoms with E-state index in [1.54, 1.807) is 6.07 Å². The number of carbonyl (C=O) groups is 1. The lowest BCUT2D eigenvalue weighted by atomic mass is 10.2. The molecule has 1 N–H and O–H groups in total. The Balaban J connectivity index is 1.84. The molecule has 1 heterocycles. The summed E-state index contributed by atoms with van der Waals surface area (Å²) < 4.78 is 33.8. The van der Waals surface area contributed by atoms with Gasteiger partial charge in [-0.2, -0.15) is 4.99 Å². The molecule has 0 fully saturated rings. The molecule has 10 heteroatoms. The van der Waals surface area contributed by atoms with Crippen LogP contribution in [0.3, 0.4) is 0 Å². The Morgan fingerprint density at radius 2 is 2.03 bits per heavy atom. The molecule has 3 rings (SSSR count). The first-order valence-corrected chi connectivity index (χ1v) is 11.7. The van der Waals surface area contributed by atoms with Crippen LogP contribution < -0.4 is 9.52 Å². The summed E-state index contributed by atoms with van der Waals surface area (Å²) in [5.74, 6) is -0.528. The molecule has 0 aliphatic heterocycles. The van der Waals surface area contributed by atoms with Crippen LogP contribution in [-0.4, -0.2) is 39.2 Å². The van der Waals surface area contributed by atoms with E-state index in [1.807, 2.05) is 34.3 Å². The van der Waals surface area contributed by atoms with Crippen molar-refractivity contribution < 1.29 is 17.9 Å². The number of thiazole rings is 1. The molecule has 30 heavy (non-hydrogen) atoms. The summed E-state index contributed by atoms with van der Waals surface area (Å²) in [5, 5.41) is 2.45. The van der Waals surface area contributed by atoms with E-state index in [-0.39, 0.29) is 23.6 Å². The van der Waals surface area contributed by atoms with E-state index in [0.29, 0.717) is 16.4 Å². The van der Waals surface area contributed by atoms with Gasteiger partial charge in [-0.15, -0.1) is 11.3 Å².